The third-order valence-electron chi connectivity index (χ3n) is 3.72. The van der Waals surface area contributed by atoms with Crippen LogP contribution in [0.4, 0.5) is 15.0 Å². The highest BCUT2D eigenvalue weighted by atomic mass is 19.1. The molecule has 0 aliphatic heterocycles. The molecule has 3 N–H and O–H groups in total. The molecule has 0 atom stereocenters. The molecule has 0 saturated heterocycles. The number of aromatic amines is 1. The lowest BCUT2D eigenvalue weighted by Crippen LogP contribution is -2.17. The zero-order valence-corrected chi connectivity index (χ0v) is 14.3. The summed E-state index contributed by atoms with van der Waals surface area (Å²) < 4.78 is 19.1. The van der Waals surface area contributed by atoms with E-state index in [0.717, 1.165) is 4.68 Å². The number of aromatic nitrogens is 4. The lowest BCUT2D eigenvalue weighted by Gasteiger charge is -2.09. The average molecular weight is 373 g/mol. The van der Waals surface area contributed by atoms with Crippen LogP contribution >= 0.6 is 0 Å². The van der Waals surface area contributed by atoms with Gasteiger partial charge in [0, 0.05) is 25.3 Å². The second kappa shape index (κ2) is 7.79. The summed E-state index contributed by atoms with van der Waals surface area (Å²) in [7, 11) is 1.52. The molecule has 0 saturated carbocycles. The van der Waals surface area contributed by atoms with Crippen LogP contribution in [0.25, 0.3) is 22.5 Å². The van der Waals surface area contributed by atoms with Gasteiger partial charge < -0.3 is 15.2 Å². The van der Waals surface area contributed by atoms with Gasteiger partial charge in [-0.15, -0.1) is 4.68 Å². The number of carboxylic acid groups (broad SMARTS) is 1. The van der Waals surface area contributed by atoms with E-state index in [2.05, 4.69) is 20.6 Å². The molecule has 3 rings (SSSR count). The number of methoxy groups -OCH3 is 1. The van der Waals surface area contributed by atoms with Crippen molar-refractivity contribution in [3.63, 3.8) is 0 Å². The molecular weight excluding hydrogens is 357 g/mol. The van der Waals surface area contributed by atoms with Crippen molar-refractivity contribution >= 4 is 11.9 Å². The van der Waals surface area contributed by atoms with E-state index in [1.54, 1.807) is 0 Å². The van der Waals surface area contributed by atoms with Crippen molar-refractivity contribution in [2.75, 3.05) is 25.6 Å². The van der Waals surface area contributed by atoms with Crippen LogP contribution in [0.1, 0.15) is 0 Å². The highest BCUT2D eigenvalue weighted by Gasteiger charge is 2.24. The van der Waals surface area contributed by atoms with Crippen LogP contribution in [0.5, 0.6) is 0 Å². The number of ether oxygens (including phenoxy) is 1. The fourth-order valence-corrected chi connectivity index (χ4v) is 2.53. The lowest BCUT2D eigenvalue weighted by atomic mass is 10.0. The summed E-state index contributed by atoms with van der Waals surface area (Å²) in [5.74, 6) is -0.267. The van der Waals surface area contributed by atoms with Crippen molar-refractivity contribution in [3.05, 3.63) is 52.6 Å². The first-order valence-electron chi connectivity index (χ1n) is 7.92. The number of nitrogens with zero attached hydrogens (tertiary/aromatic N) is 3. The third kappa shape index (κ3) is 3.85. The molecule has 3 aromatic rings. The van der Waals surface area contributed by atoms with E-state index >= 15 is 0 Å². The Labute approximate surface area is 152 Å². The van der Waals surface area contributed by atoms with Crippen LogP contribution in [0.15, 0.2) is 41.2 Å². The highest BCUT2D eigenvalue weighted by molar-refractivity contribution is 5.91. The molecule has 0 radical (unpaired) electrons. The Hall–Kier alpha value is -3.53. The summed E-state index contributed by atoms with van der Waals surface area (Å²) in [6, 6.07) is 8.19. The summed E-state index contributed by atoms with van der Waals surface area (Å²) in [6.07, 6.45) is -1.31. The van der Waals surface area contributed by atoms with Crippen LogP contribution in [-0.4, -0.2) is 51.4 Å². The van der Waals surface area contributed by atoms with Crippen LogP contribution in [0, 0.1) is 5.82 Å². The summed E-state index contributed by atoms with van der Waals surface area (Å²) in [5.41, 5.74) is 1.03. The van der Waals surface area contributed by atoms with Gasteiger partial charge in [-0.05, 0) is 30.3 Å². The molecule has 2 aromatic heterocycles. The molecule has 0 fully saturated rings. The van der Waals surface area contributed by atoms with Gasteiger partial charge >= 0.3 is 6.09 Å². The number of rotatable bonds is 6. The Bertz CT molecular complexity index is 993. The topological polar surface area (TPSA) is 122 Å². The molecule has 1 aromatic carbocycles. The van der Waals surface area contributed by atoms with Gasteiger partial charge in [0.15, 0.2) is 0 Å². The quantitative estimate of drug-likeness (QED) is 0.565. The Morgan fingerprint density at radius 2 is 2.04 bits per heavy atom. The molecule has 0 bridgehead atoms. The molecule has 0 aliphatic rings. The normalized spacial score (nSPS) is 10.7. The first kappa shape index (κ1) is 18.3. The van der Waals surface area contributed by atoms with Gasteiger partial charge in [-0.2, -0.15) is 10.2 Å². The molecule has 0 amide bonds. The summed E-state index contributed by atoms with van der Waals surface area (Å²) in [4.78, 5) is 23.0. The molecule has 0 aliphatic carbocycles. The molecule has 27 heavy (non-hydrogen) atoms. The molecule has 10 heteroatoms. The van der Waals surface area contributed by atoms with Crippen LogP contribution < -0.4 is 10.9 Å². The van der Waals surface area contributed by atoms with E-state index in [4.69, 9.17) is 4.74 Å². The maximum atomic E-state index is 13.3. The number of nitrogens with one attached hydrogen (secondary N) is 2. The lowest BCUT2D eigenvalue weighted by molar-refractivity contribution is 0.193. The van der Waals surface area contributed by atoms with Gasteiger partial charge in [-0.3, -0.25) is 4.79 Å². The van der Waals surface area contributed by atoms with Gasteiger partial charge in [0.25, 0.3) is 5.56 Å². The molecule has 0 spiro atoms. The van der Waals surface area contributed by atoms with Gasteiger partial charge in [-0.25, -0.2) is 14.3 Å². The van der Waals surface area contributed by atoms with E-state index in [1.807, 2.05) is 0 Å². The number of anilines is 1. The maximum Gasteiger partial charge on any atom is 0.434 e. The van der Waals surface area contributed by atoms with Crippen LogP contribution in [0.3, 0.4) is 0 Å². The number of benzene rings is 1. The largest absolute Gasteiger partial charge is 0.463 e. The fraction of sp³-hybridized carbons (Fsp3) is 0.176. The Balaban J connectivity index is 2.23. The minimum atomic E-state index is -1.31. The second-order valence-electron chi connectivity index (χ2n) is 5.50. The molecule has 2 heterocycles. The van der Waals surface area contributed by atoms with Gasteiger partial charge in [0.2, 0.25) is 0 Å². The Morgan fingerprint density at radius 3 is 2.63 bits per heavy atom. The Morgan fingerprint density at radius 1 is 1.30 bits per heavy atom. The van der Waals surface area contributed by atoms with E-state index < -0.39 is 17.5 Å². The average Bonchev–Trinajstić information content (AvgIpc) is 3.03. The van der Waals surface area contributed by atoms with E-state index in [-0.39, 0.29) is 11.5 Å². The smallest absolute Gasteiger partial charge is 0.434 e. The molecular formula is C17H16FN5O4. The standard InChI is InChI=1S/C17H16FN5O4/c1-27-9-8-19-16-14(12-6-7-13(24)21-20-12)15(22-23(16)17(25)26)10-2-4-11(18)5-3-10/h2-7,19H,8-9H2,1H3,(H,21,24)(H,25,26). The predicted octanol–water partition coefficient (Wildman–Crippen LogP) is 2.02. The molecule has 140 valence electrons. The second-order valence-corrected chi connectivity index (χ2v) is 5.50. The first-order chi connectivity index (χ1) is 13.0. The fourth-order valence-electron chi connectivity index (χ4n) is 2.53. The van der Waals surface area contributed by atoms with E-state index in [1.165, 1.54) is 43.5 Å². The zero-order chi connectivity index (χ0) is 19.4. The zero-order valence-electron chi connectivity index (χ0n) is 14.3. The number of halogens is 1. The van der Waals surface area contributed by atoms with E-state index in [9.17, 15) is 19.1 Å². The van der Waals surface area contributed by atoms with Crippen LogP contribution in [0.2, 0.25) is 0 Å². The number of H-pyrrole nitrogens is 1. The van der Waals surface area contributed by atoms with E-state index in [0.29, 0.717) is 30.0 Å². The summed E-state index contributed by atoms with van der Waals surface area (Å²) >= 11 is 0. The summed E-state index contributed by atoms with van der Waals surface area (Å²) in [6.45, 7) is 0.643. The molecule has 9 nitrogen and oxygen atoms in total. The SMILES string of the molecule is COCCNc1c(-c2ccc(=O)[nH]n2)c(-c2ccc(F)cc2)nn1C(=O)O. The number of carbonyl (C=O) groups is 1. The molecule has 0 unspecified atom stereocenters. The number of hydrogen-bond donors (Lipinski definition) is 3. The van der Waals surface area contributed by atoms with Crippen LogP contribution in [-0.2, 0) is 4.74 Å². The maximum absolute atomic E-state index is 13.3. The van der Waals surface area contributed by atoms with Crippen molar-refractivity contribution in [2.24, 2.45) is 0 Å². The minimum absolute atomic E-state index is 0.165. The highest BCUT2D eigenvalue weighted by Crippen LogP contribution is 2.36. The van der Waals surface area contributed by atoms with Crippen molar-refractivity contribution in [2.45, 2.75) is 0 Å². The first-order valence-corrected chi connectivity index (χ1v) is 7.92. The number of hydrogen-bond acceptors (Lipinski definition) is 6. The van der Waals surface area contributed by atoms with Gasteiger partial charge in [0.05, 0.1) is 17.9 Å². The van der Waals surface area contributed by atoms with Gasteiger partial charge in [-0.1, -0.05) is 0 Å². The van der Waals surface area contributed by atoms with Crippen molar-refractivity contribution < 1.29 is 19.0 Å². The summed E-state index contributed by atoms with van der Waals surface area (Å²) in [5, 5.41) is 22.9. The van der Waals surface area contributed by atoms with Crippen molar-refractivity contribution in [1.29, 1.82) is 0 Å². The predicted molar refractivity (Wildman–Crippen MR) is 95.3 cm³/mol. The van der Waals surface area contributed by atoms with Crippen molar-refractivity contribution in [1.82, 2.24) is 20.0 Å². The third-order valence-corrected chi connectivity index (χ3v) is 3.72. The van der Waals surface area contributed by atoms with Crippen molar-refractivity contribution in [3.8, 4) is 22.5 Å². The Kier molecular flexibility index (Phi) is 5.27. The monoisotopic (exact) mass is 373 g/mol. The van der Waals surface area contributed by atoms with Gasteiger partial charge in [0.1, 0.15) is 17.3 Å². The minimum Gasteiger partial charge on any atom is -0.463 e.